The van der Waals surface area contributed by atoms with Gasteiger partial charge in [-0.2, -0.15) is 0 Å². The van der Waals surface area contributed by atoms with Crippen LogP contribution in [-0.2, 0) is 26.6 Å². The molecule has 0 spiro atoms. The van der Waals surface area contributed by atoms with Gasteiger partial charge in [0.2, 0.25) is 5.79 Å². The minimum absolute atomic E-state index is 0.146. The van der Waals surface area contributed by atoms with Gasteiger partial charge in [-0.1, -0.05) is 47.8 Å². The number of aromatic nitrogens is 3. The molecule has 7 rings (SSSR count). The predicted octanol–water partition coefficient (Wildman–Crippen LogP) is 5.83. The number of hydrogen-bond acceptors (Lipinski definition) is 9. The van der Waals surface area contributed by atoms with Crippen LogP contribution in [0.5, 0.6) is 5.75 Å². The molecule has 0 aliphatic carbocycles. The van der Waals surface area contributed by atoms with Crippen molar-refractivity contribution in [3.8, 4) is 5.75 Å². The van der Waals surface area contributed by atoms with E-state index in [1.54, 1.807) is 34.1 Å². The molecular weight excluding hydrogens is 681 g/mol. The number of imide groups is 1. The summed E-state index contributed by atoms with van der Waals surface area (Å²) in [7, 11) is 0. The summed E-state index contributed by atoms with van der Waals surface area (Å²) in [4.78, 5) is 33.0. The van der Waals surface area contributed by atoms with Crippen LogP contribution in [0.3, 0.4) is 0 Å². The first kappa shape index (κ1) is 34.1. The lowest BCUT2D eigenvalue weighted by Crippen LogP contribution is -2.46. The number of benzene rings is 3. The minimum atomic E-state index is -1.17. The quantitative estimate of drug-likeness (QED) is 0.167. The number of amides is 3. The van der Waals surface area contributed by atoms with Crippen LogP contribution >= 0.6 is 23.2 Å². The number of unbranched alkanes of at least 4 members (excludes halogenated alkanes) is 1. The summed E-state index contributed by atoms with van der Waals surface area (Å²) in [5.41, 5.74) is 3.47. The van der Waals surface area contributed by atoms with E-state index in [0.717, 1.165) is 56.1 Å². The van der Waals surface area contributed by atoms with Crippen molar-refractivity contribution in [2.24, 2.45) is 0 Å². The average molecular weight is 721 g/mol. The highest BCUT2D eigenvalue weighted by molar-refractivity contribution is 6.35. The van der Waals surface area contributed by atoms with E-state index >= 15 is 0 Å². The van der Waals surface area contributed by atoms with Crippen LogP contribution in [0.25, 0.3) is 0 Å². The van der Waals surface area contributed by atoms with Gasteiger partial charge in [-0.25, -0.2) is 14.4 Å². The zero-order valence-corrected chi connectivity index (χ0v) is 29.3. The predicted molar refractivity (Wildman–Crippen MR) is 191 cm³/mol. The van der Waals surface area contributed by atoms with E-state index in [9.17, 15) is 9.59 Å². The summed E-state index contributed by atoms with van der Waals surface area (Å²) in [6.07, 6.45) is 4.86. The fourth-order valence-corrected chi connectivity index (χ4v) is 7.14. The van der Waals surface area contributed by atoms with Crippen molar-refractivity contribution >= 4 is 52.2 Å². The molecule has 4 heterocycles. The second-order valence-electron chi connectivity index (χ2n) is 12.6. The monoisotopic (exact) mass is 719 g/mol. The average Bonchev–Trinajstić information content (AvgIpc) is 3.86. The van der Waals surface area contributed by atoms with Crippen molar-refractivity contribution in [3.05, 3.63) is 94.7 Å². The molecule has 12 nitrogen and oxygen atoms in total. The number of halogens is 2. The number of anilines is 3. The number of piperazine rings is 1. The Morgan fingerprint density at radius 3 is 2.24 bits per heavy atom. The SMILES string of the molecule is CCCCN1CC(=O)N(c2ccc(N3CCN(c4ccc(OCC5COC(Cn6ccnn6)(c6ccc(Cl)cc6Cl)O5)cc4)CC3)cc2)C1=O. The van der Waals surface area contributed by atoms with Crippen LogP contribution in [0.2, 0.25) is 10.0 Å². The Hall–Kier alpha value is -4.36. The standard InChI is InChI=1S/C36H39Cl2N7O5/c1-2-3-15-43-22-34(46)45(35(43)47)29-7-5-27(6-8-29)41-17-19-42(20-18-41)28-9-11-30(12-10-28)48-23-31-24-49-36(50-31,25-44-16-14-39-40-44)32-13-4-26(37)21-33(32)38/h4-14,16,21,31H,2-3,15,17-20,22-25H2,1H3. The molecule has 3 saturated heterocycles. The number of carbonyl (C=O) groups is 2. The van der Waals surface area contributed by atoms with Crippen LogP contribution in [-0.4, -0.2) is 90.4 Å². The molecule has 3 aromatic carbocycles. The van der Waals surface area contributed by atoms with Crippen molar-refractivity contribution in [2.45, 2.75) is 38.2 Å². The second kappa shape index (κ2) is 14.9. The Kier molecular flexibility index (Phi) is 10.1. The molecule has 4 aromatic rings. The van der Waals surface area contributed by atoms with Gasteiger partial charge >= 0.3 is 6.03 Å². The van der Waals surface area contributed by atoms with Crippen LogP contribution in [0.4, 0.5) is 21.9 Å². The largest absolute Gasteiger partial charge is 0.491 e. The van der Waals surface area contributed by atoms with E-state index in [0.29, 0.717) is 41.1 Å². The summed E-state index contributed by atoms with van der Waals surface area (Å²) in [6, 6.07) is 20.8. The maximum Gasteiger partial charge on any atom is 0.331 e. The maximum absolute atomic E-state index is 12.8. The first-order valence-corrected chi connectivity index (χ1v) is 17.6. The summed E-state index contributed by atoms with van der Waals surface area (Å²) >= 11 is 12.7. The Bertz CT molecular complexity index is 1790. The van der Waals surface area contributed by atoms with Gasteiger partial charge in [-0.3, -0.25) is 4.79 Å². The van der Waals surface area contributed by atoms with E-state index < -0.39 is 5.79 Å². The highest BCUT2D eigenvalue weighted by Gasteiger charge is 2.46. The number of urea groups is 1. The van der Waals surface area contributed by atoms with E-state index in [-0.39, 0.29) is 31.1 Å². The molecule has 2 atom stereocenters. The molecule has 262 valence electrons. The maximum atomic E-state index is 12.8. The van der Waals surface area contributed by atoms with E-state index in [2.05, 4.69) is 39.2 Å². The third-order valence-electron chi connectivity index (χ3n) is 9.25. The lowest BCUT2D eigenvalue weighted by atomic mass is 10.1. The van der Waals surface area contributed by atoms with E-state index in [1.165, 1.54) is 4.90 Å². The molecule has 0 saturated carbocycles. The molecule has 3 fully saturated rings. The fourth-order valence-electron chi connectivity index (χ4n) is 6.59. The van der Waals surface area contributed by atoms with Crippen molar-refractivity contribution in [3.63, 3.8) is 0 Å². The highest BCUT2D eigenvalue weighted by Crippen LogP contribution is 2.40. The lowest BCUT2D eigenvalue weighted by Gasteiger charge is -2.37. The second-order valence-corrected chi connectivity index (χ2v) is 13.5. The summed E-state index contributed by atoms with van der Waals surface area (Å²) in [5, 5.41) is 8.95. The van der Waals surface area contributed by atoms with Gasteiger partial charge in [-0.15, -0.1) is 5.10 Å². The topological polar surface area (TPSA) is 106 Å². The molecule has 3 aliphatic heterocycles. The van der Waals surface area contributed by atoms with Gasteiger partial charge < -0.3 is 28.9 Å². The first-order valence-electron chi connectivity index (χ1n) is 16.9. The highest BCUT2D eigenvalue weighted by atomic mass is 35.5. The number of rotatable bonds is 12. The lowest BCUT2D eigenvalue weighted by molar-refractivity contribution is -0.190. The molecule has 50 heavy (non-hydrogen) atoms. The van der Waals surface area contributed by atoms with Crippen LogP contribution in [0.1, 0.15) is 25.3 Å². The molecule has 0 N–H and O–H groups in total. The number of carbonyl (C=O) groups excluding carboxylic acids is 2. The van der Waals surface area contributed by atoms with Gasteiger partial charge in [0.1, 0.15) is 31.5 Å². The smallest absolute Gasteiger partial charge is 0.331 e. The number of ether oxygens (including phenoxy) is 3. The van der Waals surface area contributed by atoms with Crippen molar-refractivity contribution < 1.29 is 23.8 Å². The molecule has 3 aliphatic rings. The molecule has 0 radical (unpaired) electrons. The molecule has 2 unspecified atom stereocenters. The summed E-state index contributed by atoms with van der Waals surface area (Å²) < 4.78 is 20.5. The van der Waals surface area contributed by atoms with Gasteiger partial charge in [-0.05, 0) is 67.1 Å². The minimum Gasteiger partial charge on any atom is -0.491 e. The van der Waals surface area contributed by atoms with Crippen LogP contribution < -0.4 is 19.4 Å². The van der Waals surface area contributed by atoms with Crippen molar-refractivity contribution in [1.82, 2.24) is 19.9 Å². The summed E-state index contributed by atoms with van der Waals surface area (Å²) in [6.45, 7) is 7.08. The Morgan fingerprint density at radius 1 is 0.920 bits per heavy atom. The number of hydrogen-bond donors (Lipinski definition) is 0. The van der Waals surface area contributed by atoms with Gasteiger partial charge in [0.25, 0.3) is 5.91 Å². The van der Waals surface area contributed by atoms with E-state index in [1.807, 2.05) is 42.5 Å². The van der Waals surface area contributed by atoms with Crippen molar-refractivity contribution in [1.29, 1.82) is 0 Å². The third kappa shape index (κ3) is 7.25. The Labute approximate surface area is 301 Å². The van der Waals surface area contributed by atoms with Gasteiger partial charge in [0.15, 0.2) is 0 Å². The molecule has 14 heteroatoms. The zero-order valence-electron chi connectivity index (χ0n) is 27.8. The van der Waals surface area contributed by atoms with Gasteiger partial charge in [0.05, 0.1) is 23.5 Å². The first-order chi connectivity index (χ1) is 24.3. The van der Waals surface area contributed by atoms with Crippen LogP contribution in [0, 0.1) is 0 Å². The Balaban J connectivity index is 0.910. The Morgan fingerprint density at radius 2 is 1.60 bits per heavy atom. The molecule has 1 aromatic heterocycles. The van der Waals surface area contributed by atoms with E-state index in [4.69, 9.17) is 37.4 Å². The molecule has 0 bridgehead atoms. The number of nitrogens with zero attached hydrogens (tertiary/aromatic N) is 7. The molecule has 3 amide bonds. The normalized spacial score (nSPS) is 21.1. The fraction of sp³-hybridized carbons (Fsp3) is 0.389. The van der Waals surface area contributed by atoms with Gasteiger partial charge in [0, 0.05) is 60.9 Å². The third-order valence-corrected chi connectivity index (χ3v) is 9.80. The van der Waals surface area contributed by atoms with Crippen LogP contribution in [0.15, 0.2) is 79.1 Å². The molecular formula is C36H39Cl2N7O5. The van der Waals surface area contributed by atoms with Crippen molar-refractivity contribution in [2.75, 3.05) is 67.2 Å². The zero-order chi connectivity index (χ0) is 34.7. The summed E-state index contributed by atoms with van der Waals surface area (Å²) in [5.74, 6) is -0.609.